The maximum Gasteiger partial charge on any atom is 0.289 e. The number of aliphatic hydroxyl groups is 2. The van der Waals surface area contributed by atoms with Gasteiger partial charge < -0.3 is 20.1 Å². The topological polar surface area (TPSA) is 89.5 Å². The largest absolute Gasteiger partial charge is 0.396 e. The number of nitrogens with zero attached hydrogens (tertiary/aromatic N) is 2. The summed E-state index contributed by atoms with van der Waals surface area (Å²) in [6, 6.07) is 9.91. The molecule has 6 heteroatoms. The van der Waals surface area contributed by atoms with E-state index in [4.69, 9.17) is 0 Å². The lowest BCUT2D eigenvalue weighted by Gasteiger charge is -2.15. The number of aliphatic hydroxyl groups excluding tert-OH is 2. The molecular formula is C17H19N3O3. The molecule has 3 N–H and O–H groups in total. The molecule has 1 aromatic carbocycles. The molecule has 2 fully saturated rings. The van der Waals surface area contributed by atoms with Gasteiger partial charge in [-0.1, -0.05) is 30.3 Å². The molecule has 1 spiro atoms. The highest BCUT2D eigenvalue weighted by Gasteiger charge is 2.71. The smallest absolute Gasteiger partial charge is 0.289 e. The Bertz CT molecular complexity index is 703. The molecule has 1 saturated heterocycles. The van der Waals surface area contributed by atoms with Crippen LogP contribution in [-0.4, -0.2) is 56.8 Å². The molecular weight excluding hydrogens is 294 g/mol. The fraction of sp³-hybridized carbons (Fsp3) is 0.412. The van der Waals surface area contributed by atoms with Crippen molar-refractivity contribution in [1.82, 2.24) is 14.9 Å². The molecule has 4 rings (SSSR count). The molecule has 120 valence electrons. The number of H-pyrrole nitrogens is 1. The number of aromatic amines is 1. The van der Waals surface area contributed by atoms with E-state index >= 15 is 0 Å². The molecule has 1 amide bonds. The van der Waals surface area contributed by atoms with Crippen LogP contribution >= 0.6 is 0 Å². The minimum atomic E-state index is -0.635. The van der Waals surface area contributed by atoms with Gasteiger partial charge in [-0.05, 0) is 17.4 Å². The zero-order valence-corrected chi connectivity index (χ0v) is 12.6. The van der Waals surface area contributed by atoms with Gasteiger partial charge >= 0.3 is 0 Å². The lowest BCUT2D eigenvalue weighted by Crippen LogP contribution is -2.30. The summed E-state index contributed by atoms with van der Waals surface area (Å²) in [6.45, 7) is 0.733. The average Bonchev–Trinajstić information content (AvgIpc) is 2.90. The summed E-state index contributed by atoms with van der Waals surface area (Å²) < 4.78 is 0. The fourth-order valence-electron chi connectivity index (χ4n) is 4.25. The number of β-amino-alcohol motifs (C(OH)–C–C–N with tert-alkyl or cyclic N) is 1. The Balaban J connectivity index is 1.61. The predicted octanol–water partition coefficient (Wildman–Crippen LogP) is 0.619. The van der Waals surface area contributed by atoms with Crippen LogP contribution < -0.4 is 0 Å². The molecule has 0 unspecified atom stereocenters. The Morgan fingerprint density at radius 3 is 2.83 bits per heavy atom. The molecule has 4 atom stereocenters. The summed E-state index contributed by atoms with van der Waals surface area (Å²) in [6.07, 6.45) is 2.51. The zero-order chi connectivity index (χ0) is 16.0. The van der Waals surface area contributed by atoms with Gasteiger partial charge in [0.2, 0.25) is 0 Å². The summed E-state index contributed by atoms with van der Waals surface area (Å²) in [4.78, 5) is 20.9. The molecule has 2 aromatic rings. The number of imidazole rings is 1. The third-order valence-electron chi connectivity index (χ3n) is 5.38. The van der Waals surface area contributed by atoms with Crippen molar-refractivity contribution in [2.45, 2.75) is 12.0 Å². The number of hydrogen-bond donors (Lipinski definition) is 3. The highest BCUT2D eigenvalue weighted by molar-refractivity contribution is 5.91. The van der Waals surface area contributed by atoms with Gasteiger partial charge in [-0.25, -0.2) is 4.98 Å². The number of likely N-dealkylation sites (tertiary alicyclic amines) is 1. The third-order valence-corrected chi connectivity index (χ3v) is 5.38. The van der Waals surface area contributed by atoms with E-state index in [1.807, 2.05) is 30.3 Å². The Kier molecular flexibility index (Phi) is 3.25. The second-order valence-corrected chi connectivity index (χ2v) is 6.43. The average molecular weight is 313 g/mol. The normalized spacial score (nSPS) is 32.4. The van der Waals surface area contributed by atoms with E-state index in [0.29, 0.717) is 6.54 Å². The molecule has 1 aliphatic heterocycles. The first kappa shape index (κ1) is 14.4. The molecule has 0 radical (unpaired) electrons. The Morgan fingerprint density at radius 1 is 1.39 bits per heavy atom. The molecule has 2 aliphatic rings. The highest BCUT2D eigenvalue weighted by atomic mass is 16.3. The number of hydrogen-bond acceptors (Lipinski definition) is 4. The SMILES string of the molecule is O=C(c1ncc[nH]1)N1C[C@@H](O)[C@@]2(C1)[C@H](CO)[C@H]2c1ccccc1. The van der Waals surface area contributed by atoms with Crippen molar-refractivity contribution in [2.75, 3.05) is 19.7 Å². The summed E-state index contributed by atoms with van der Waals surface area (Å²) in [5.74, 6) is 0.139. The van der Waals surface area contributed by atoms with Crippen molar-refractivity contribution in [2.24, 2.45) is 11.3 Å². The summed E-state index contributed by atoms with van der Waals surface area (Å²) in [5, 5.41) is 20.4. The second-order valence-electron chi connectivity index (χ2n) is 6.43. The molecule has 2 heterocycles. The first-order valence-corrected chi connectivity index (χ1v) is 7.81. The van der Waals surface area contributed by atoms with E-state index in [2.05, 4.69) is 9.97 Å². The number of amides is 1. The number of rotatable bonds is 3. The van der Waals surface area contributed by atoms with Gasteiger partial charge in [-0.3, -0.25) is 4.79 Å². The number of carbonyl (C=O) groups excluding carboxylic acids is 1. The maximum absolute atomic E-state index is 12.5. The van der Waals surface area contributed by atoms with Crippen LogP contribution in [0, 0.1) is 11.3 Å². The van der Waals surface area contributed by atoms with Gasteiger partial charge in [0.1, 0.15) is 0 Å². The van der Waals surface area contributed by atoms with E-state index in [1.165, 1.54) is 6.20 Å². The van der Waals surface area contributed by atoms with E-state index in [1.54, 1.807) is 11.1 Å². The Labute approximate surface area is 133 Å². The second kappa shape index (κ2) is 5.18. The van der Waals surface area contributed by atoms with Crippen LogP contribution in [0.25, 0.3) is 0 Å². The number of carbonyl (C=O) groups is 1. The summed E-state index contributed by atoms with van der Waals surface area (Å²) >= 11 is 0. The Morgan fingerprint density at radius 2 is 2.17 bits per heavy atom. The highest BCUT2D eigenvalue weighted by Crippen LogP contribution is 2.68. The van der Waals surface area contributed by atoms with Crippen molar-refractivity contribution >= 4 is 5.91 Å². The van der Waals surface area contributed by atoms with Crippen LogP contribution in [0.4, 0.5) is 0 Å². The van der Waals surface area contributed by atoms with Crippen LogP contribution in [0.5, 0.6) is 0 Å². The first-order valence-electron chi connectivity index (χ1n) is 7.81. The van der Waals surface area contributed by atoms with Crippen molar-refractivity contribution in [1.29, 1.82) is 0 Å². The van der Waals surface area contributed by atoms with E-state index in [-0.39, 0.29) is 36.7 Å². The minimum Gasteiger partial charge on any atom is -0.396 e. The molecule has 23 heavy (non-hydrogen) atoms. The van der Waals surface area contributed by atoms with Crippen LogP contribution in [0.2, 0.25) is 0 Å². The number of nitrogens with one attached hydrogen (secondary N) is 1. The monoisotopic (exact) mass is 313 g/mol. The molecule has 1 saturated carbocycles. The third kappa shape index (κ3) is 2.02. The predicted molar refractivity (Wildman–Crippen MR) is 82.7 cm³/mol. The van der Waals surface area contributed by atoms with Crippen LogP contribution in [0.1, 0.15) is 22.1 Å². The van der Waals surface area contributed by atoms with E-state index < -0.39 is 11.5 Å². The lowest BCUT2D eigenvalue weighted by atomic mass is 9.95. The number of benzene rings is 1. The van der Waals surface area contributed by atoms with E-state index in [9.17, 15) is 15.0 Å². The van der Waals surface area contributed by atoms with Crippen molar-refractivity contribution < 1.29 is 15.0 Å². The van der Waals surface area contributed by atoms with Gasteiger partial charge in [0.15, 0.2) is 5.82 Å². The maximum atomic E-state index is 12.5. The standard InChI is InChI=1S/C17H19N3O3/c21-9-12-14(11-4-2-1-3-5-11)17(12)10-20(8-13(17)22)16(23)15-18-6-7-19-15/h1-7,12-14,21-22H,8-10H2,(H,18,19)/t12-,13-,14-,17-/m1/s1. The lowest BCUT2D eigenvalue weighted by molar-refractivity contribution is 0.0753. The van der Waals surface area contributed by atoms with Gasteiger partial charge in [-0.2, -0.15) is 0 Å². The van der Waals surface area contributed by atoms with Crippen molar-refractivity contribution in [3.05, 3.63) is 54.1 Å². The summed E-state index contributed by atoms with van der Waals surface area (Å²) in [7, 11) is 0. The minimum absolute atomic E-state index is 0.0133. The van der Waals surface area contributed by atoms with Gasteiger partial charge in [0, 0.05) is 37.5 Å². The van der Waals surface area contributed by atoms with Crippen LogP contribution in [0.3, 0.4) is 0 Å². The molecule has 0 bridgehead atoms. The van der Waals surface area contributed by atoms with E-state index in [0.717, 1.165) is 5.56 Å². The van der Waals surface area contributed by atoms with Crippen molar-refractivity contribution in [3.8, 4) is 0 Å². The van der Waals surface area contributed by atoms with Crippen LogP contribution in [0.15, 0.2) is 42.7 Å². The van der Waals surface area contributed by atoms with Crippen molar-refractivity contribution in [3.63, 3.8) is 0 Å². The quantitative estimate of drug-likeness (QED) is 0.775. The zero-order valence-electron chi connectivity index (χ0n) is 12.6. The Hall–Kier alpha value is -2.18. The van der Waals surface area contributed by atoms with Gasteiger partial charge in [-0.15, -0.1) is 0 Å². The summed E-state index contributed by atoms with van der Waals surface area (Å²) in [5.41, 5.74) is 0.663. The van der Waals surface area contributed by atoms with Gasteiger partial charge in [0.05, 0.1) is 6.10 Å². The molecule has 1 aliphatic carbocycles. The molecule has 1 aromatic heterocycles. The fourth-order valence-corrected chi connectivity index (χ4v) is 4.25. The number of aromatic nitrogens is 2. The van der Waals surface area contributed by atoms with Gasteiger partial charge in [0.25, 0.3) is 5.91 Å². The van der Waals surface area contributed by atoms with Crippen LogP contribution in [-0.2, 0) is 0 Å². The first-order chi connectivity index (χ1) is 11.2. The molecule has 6 nitrogen and oxygen atoms in total.